The number of hydrogen-bond acceptors (Lipinski definition) is 3. The molecular formula is C13H19N3O3. The molecule has 0 aliphatic carbocycles. The standard InChI is InChI=1S/C13H19N3O3/c1-4-13(3,11(17)18)16-12(19)15-8-10-9(2)6-5-7-14-10/h5-7H,4,8H2,1-3H3,(H,17,18)(H2,15,16,19). The van der Waals surface area contributed by atoms with E-state index in [-0.39, 0.29) is 6.54 Å². The first-order valence-corrected chi connectivity index (χ1v) is 6.09. The molecule has 0 saturated carbocycles. The summed E-state index contributed by atoms with van der Waals surface area (Å²) in [5, 5.41) is 14.1. The Balaban J connectivity index is 2.57. The van der Waals surface area contributed by atoms with E-state index in [4.69, 9.17) is 5.11 Å². The van der Waals surface area contributed by atoms with Gasteiger partial charge in [-0.15, -0.1) is 0 Å². The smallest absolute Gasteiger partial charge is 0.329 e. The van der Waals surface area contributed by atoms with Gasteiger partial charge in [0, 0.05) is 6.20 Å². The van der Waals surface area contributed by atoms with Crippen LogP contribution in [0.3, 0.4) is 0 Å². The van der Waals surface area contributed by atoms with Crippen molar-refractivity contribution >= 4 is 12.0 Å². The molecule has 104 valence electrons. The minimum Gasteiger partial charge on any atom is -0.480 e. The quantitative estimate of drug-likeness (QED) is 0.751. The predicted octanol–water partition coefficient (Wildman–Crippen LogP) is 1.44. The van der Waals surface area contributed by atoms with Crippen molar-refractivity contribution in [1.82, 2.24) is 15.6 Å². The van der Waals surface area contributed by atoms with E-state index >= 15 is 0 Å². The van der Waals surface area contributed by atoms with Gasteiger partial charge in [-0.1, -0.05) is 13.0 Å². The molecule has 0 fully saturated rings. The minimum absolute atomic E-state index is 0.262. The van der Waals surface area contributed by atoms with E-state index in [2.05, 4.69) is 15.6 Å². The molecule has 1 unspecified atom stereocenters. The molecule has 0 saturated heterocycles. The number of pyridine rings is 1. The van der Waals surface area contributed by atoms with E-state index in [9.17, 15) is 9.59 Å². The van der Waals surface area contributed by atoms with Gasteiger partial charge < -0.3 is 15.7 Å². The Labute approximate surface area is 112 Å². The average Bonchev–Trinajstić information content (AvgIpc) is 2.37. The van der Waals surface area contributed by atoms with Gasteiger partial charge >= 0.3 is 12.0 Å². The zero-order valence-corrected chi connectivity index (χ0v) is 11.4. The lowest BCUT2D eigenvalue weighted by Gasteiger charge is -2.24. The number of carboxylic acids is 1. The maximum Gasteiger partial charge on any atom is 0.329 e. The largest absolute Gasteiger partial charge is 0.480 e. The van der Waals surface area contributed by atoms with E-state index in [0.29, 0.717) is 6.42 Å². The zero-order chi connectivity index (χ0) is 14.5. The van der Waals surface area contributed by atoms with Crippen LogP contribution in [0.4, 0.5) is 4.79 Å². The Bertz CT molecular complexity index is 476. The highest BCUT2D eigenvalue weighted by Crippen LogP contribution is 2.09. The summed E-state index contributed by atoms with van der Waals surface area (Å²) in [6.07, 6.45) is 1.95. The normalized spacial score (nSPS) is 13.4. The van der Waals surface area contributed by atoms with Gasteiger partial charge in [0.05, 0.1) is 12.2 Å². The van der Waals surface area contributed by atoms with Gasteiger partial charge in [0.25, 0.3) is 0 Å². The van der Waals surface area contributed by atoms with E-state index in [0.717, 1.165) is 11.3 Å². The zero-order valence-electron chi connectivity index (χ0n) is 11.4. The SMILES string of the molecule is CCC(C)(NC(=O)NCc1ncccc1C)C(=O)O. The molecule has 0 radical (unpaired) electrons. The fourth-order valence-electron chi connectivity index (χ4n) is 1.46. The predicted molar refractivity (Wildman–Crippen MR) is 70.7 cm³/mol. The molecule has 19 heavy (non-hydrogen) atoms. The Kier molecular flexibility index (Phi) is 4.86. The number of hydrogen-bond donors (Lipinski definition) is 3. The Morgan fingerprint density at radius 1 is 1.47 bits per heavy atom. The third-order valence-corrected chi connectivity index (χ3v) is 3.10. The fraction of sp³-hybridized carbons (Fsp3) is 0.462. The first-order chi connectivity index (χ1) is 8.89. The summed E-state index contributed by atoms with van der Waals surface area (Å²) in [7, 11) is 0. The lowest BCUT2D eigenvalue weighted by atomic mass is 10.00. The van der Waals surface area contributed by atoms with Gasteiger partial charge in [0.2, 0.25) is 0 Å². The number of aryl methyl sites for hydroxylation is 1. The summed E-state index contributed by atoms with van der Waals surface area (Å²) in [5.74, 6) is -1.06. The van der Waals surface area contributed by atoms with Crippen LogP contribution >= 0.6 is 0 Å². The van der Waals surface area contributed by atoms with E-state index < -0.39 is 17.5 Å². The van der Waals surface area contributed by atoms with Crippen molar-refractivity contribution in [2.24, 2.45) is 0 Å². The van der Waals surface area contributed by atoms with Gasteiger partial charge in [-0.25, -0.2) is 9.59 Å². The molecular weight excluding hydrogens is 246 g/mol. The molecule has 0 aromatic carbocycles. The Morgan fingerprint density at radius 3 is 2.68 bits per heavy atom. The van der Waals surface area contributed by atoms with Crippen LogP contribution in [-0.4, -0.2) is 27.6 Å². The van der Waals surface area contributed by atoms with Crippen molar-refractivity contribution in [2.75, 3.05) is 0 Å². The Morgan fingerprint density at radius 2 is 2.16 bits per heavy atom. The van der Waals surface area contributed by atoms with Crippen molar-refractivity contribution in [1.29, 1.82) is 0 Å². The molecule has 0 aliphatic rings. The van der Waals surface area contributed by atoms with Gasteiger partial charge in [0.1, 0.15) is 5.54 Å². The molecule has 6 heteroatoms. The summed E-state index contributed by atoms with van der Waals surface area (Å²) < 4.78 is 0. The number of nitrogens with one attached hydrogen (secondary N) is 2. The van der Waals surface area contributed by atoms with Crippen LogP contribution in [0.5, 0.6) is 0 Å². The number of urea groups is 1. The summed E-state index contributed by atoms with van der Waals surface area (Å²) in [6, 6.07) is 3.20. The molecule has 1 rings (SSSR count). The number of aliphatic carboxylic acids is 1. The second-order valence-electron chi connectivity index (χ2n) is 4.57. The molecule has 0 spiro atoms. The van der Waals surface area contributed by atoms with Gasteiger partial charge in [0.15, 0.2) is 0 Å². The molecule has 0 aliphatic heterocycles. The topological polar surface area (TPSA) is 91.3 Å². The second-order valence-corrected chi connectivity index (χ2v) is 4.57. The highest BCUT2D eigenvalue weighted by molar-refractivity contribution is 5.85. The maximum absolute atomic E-state index is 11.7. The molecule has 2 amide bonds. The molecule has 1 heterocycles. The van der Waals surface area contributed by atoms with Crippen molar-refractivity contribution in [3.8, 4) is 0 Å². The molecule has 3 N–H and O–H groups in total. The summed E-state index contributed by atoms with van der Waals surface area (Å²) >= 11 is 0. The first-order valence-electron chi connectivity index (χ1n) is 6.09. The average molecular weight is 265 g/mol. The lowest BCUT2D eigenvalue weighted by molar-refractivity contribution is -0.143. The lowest BCUT2D eigenvalue weighted by Crippen LogP contribution is -2.54. The van der Waals surface area contributed by atoms with Crippen LogP contribution in [0.25, 0.3) is 0 Å². The number of carbonyl (C=O) groups excluding carboxylic acids is 1. The summed E-state index contributed by atoms with van der Waals surface area (Å²) in [4.78, 5) is 26.9. The van der Waals surface area contributed by atoms with E-state index in [1.807, 2.05) is 19.1 Å². The van der Waals surface area contributed by atoms with Crippen LogP contribution in [-0.2, 0) is 11.3 Å². The van der Waals surface area contributed by atoms with Crippen LogP contribution < -0.4 is 10.6 Å². The molecule has 6 nitrogen and oxygen atoms in total. The van der Waals surface area contributed by atoms with Gasteiger partial charge in [-0.3, -0.25) is 4.98 Å². The maximum atomic E-state index is 11.7. The molecule has 1 aromatic heterocycles. The first kappa shape index (κ1) is 14.9. The van der Waals surface area contributed by atoms with E-state index in [1.165, 1.54) is 6.92 Å². The van der Waals surface area contributed by atoms with Crippen LogP contribution in [0, 0.1) is 6.92 Å². The fourth-order valence-corrected chi connectivity index (χ4v) is 1.46. The summed E-state index contributed by atoms with van der Waals surface area (Å²) in [5.41, 5.74) is 0.467. The number of aromatic nitrogens is 1. The number of rotatable bonds is 5. The molecule has 0 bridgehead atoms. The monoisotopic (exact) mass is 265 g/mol. The highest BCUT2D eigenvalue weighted by atomic mass is 16.4. The number of nitrogens with zero attached hydrogens (tertiary/aromatic N) is 1. The van der Waals surface area contributed by atoms with Gasteiger partial charge in [-0.05, 0) is 31.9 Å². The van der Waals surface area contributed by atoms with Crippen LogP contribution in [0.1, 0.15) is 31.5 Å². The third kappa shape index (κ3) is 3.94. The summed E-state index contributed by atoms with van der Waals surface area (Å²) in [6.45, 7) is 5.34. The number of amides is 2. The minimum atomic E-state index is -1.26. The highest BCUT2D eigenvalue weighted by Gasteiger charge is 2.32. The van der Waals surface area contributed by atoms with Crippen molar-refractivity contribution in [3.63, 3.8) is 0 Å². The second kappa shape index (κ2) is 6.17. The van der Waals surface area contributed by atoms with Crippen LogP contribution in [0.2, 0.25) is 0 Å². The van der Waals surface area contributed by atoms with Crippen LogP contribution in [0.15, 0.2) is 18.3 Å². The number of carbonyl (C=O) groups is 2. The van der Waals surface area contributed by atoms with Crippen molar-refractivity contribution in [3.05, 3.63) is 29.6 Å². The molecule has 1 atom stereocenters. The Hall–Kier alpha value is -2.11. The third-order valence-electron chi connectivity index (χ3n) is 3.10. The van der Waals surface area contributed by atoms with Crippen molar-refractivity contribution in [2.45, 2.75) is 39.3 Å². The van der Waals surface area contributed by atoms with Gasteiger partial charge in [-0.2, -0.15) is 0 Å². The van der Waals surface area contributed by atoms with E-state index in [1.54, 1.807) is 13.1 Å². The van der Waals surface area contributed by atoms with Crippen molar-refractivity contribution < 1.29 is 14.7 Å². The number of carboxylic acid groups (broad SMARTS) is 1. The molecule has 1 aromatic rings.